The Labute approximate surface area is 174 Å². The van der Waals surface area contributed by atoms with Crippen LogP contribution in [-0.4, -0.2) is 19.3 Å². The summed E-state index contributed by atoms with van der Waals surface area (Å²) in [6.07, 6.45) is 4.70. The molecule has 3 aromatic rings. The number of hydrogen-bond acceptors (Lipinski definition) is 5. The molecule has 2 aromatic carbocycles. The number of benzene rings is 2. The zero-order valence-electron chi connectivity index (χ0n) is 16.0. The van der Waals surface area contributed by atoms with Crippen LogP contribution in [0.25, 0.3) is 6.08 Å². The van der Waals surface area contributed by atoms with Crippen LogP contribution in [-0.2, 0) is 14.8 Å². The number of carbonyl (C=O) groups excluding carboxylic acids is 1. The second-order valence-electron chi connectivity index (χ2n) is 6.61. The number of nitrogens with zero attached hydrogens (tertiary/aromatic N) is 1. The maximum Gasteiger partial charge on any atom is 0.263 e. The summed E-state index contributed by atoms with van der Waals surface area (Å²) >= 11 is 1.20. The fourth-order valence-corrected chi connectivity index (χ4v) is 4.30. The third kappa shape index (κ3) is 5.75. The van der Waals surface area contributed by atoms with E-state index in [0.717, 1.165) is 5.56 Å². The topological polar surface area (TPSA) is 88.2 Å². The van der Waals surface area contributed by atoms with E-state index >= 15 is 0 Å². The summed E-state index contributed by atoms with van der Waals surface area (Å²) in [5.74, 6) is 0.161. The van der Waals surface area contributed by atoms with Crippen LogP contribution in [0.4, 0.5) is 10.8 Å². The summed E-state index contributed by atoms with van der Waals surface area (Å²) in [6, 6.07) is 14.0. The molecule has 8 heteroatoms. The Morgan fingerprint density at radius 1 is 1.07 bits per heavy atom. The summed E-state index contributed by atoms with van der Waals surface area (Å²) in [5.41, 5.74) is 2.67. The Morgan fingerprint density at radius 3 is 2.34 bits per heavy atom. The van der Waals surface area contributed by atoms with Gasteiger partial charge in [-0.3, -0.25) is 9.52 Å². The van der Waals surface area contributed by atoms with E-state index in [0.29, 0.717) is 16.7 Å². The Kier molecular flexibility index (Phi) is 6.46. The fourth-order valence-electron chi connectivity index (χ4n) is 2.51. The molecule has 0 aliphatic rings. The van der Waals surface area contributed by atoms with Gasteiger partial charge in [-0.15, -0.1) is 11.3 Å². The zero-order chi connectivity index (χ0) is 20.9. The first-order valence-corrected chi connectivity index (χ1v) is 11.3. The third-order valence-corrected chi connectivity index (χ3v) is 6.29. The smallest absolute Gasteiger partial charge is 0.263 e. The van der Waals surface area contributed by atoms with Crippen LogP contribution >= 0.6 is 11.3 Å². The average Bonchev–Trinajstić information content (AvgIpc) is 3.19. The maximum absolute atomic E-state index is 12.3. The number of rotatable bonds is 7. The van der Waals surface area contributed by atoms with Crippen LogP contribution in [0.5, 0.6) is 0 Å². The first-order chi connectivity index (χ1) is 13.8. The minimum absolute atomic E-state index is 0.0893. The van der Waals surface area contributed by atoms with Gasteiger partial charge in [0.2, 0.25) is 5.91 Å². The molecule has 1 aromatic heterocycles. The molecule has 1 heterocycles. The fraction of sp³-hybridized carbons (Fsp3) is 0.143. The summed E-state index contributed by atoms with van der Waals surface area (Å²) < 4.78 is 27.0. The molecule has 0 aliphatic heterocycles. The lowest BCUT2D eigenvalue weighted by Gasteiger charge is -2.07. The molecule has 0 fully saturated rings. The highest BCUT2D eigenvalue weighted by molar-refractivity contribution is 7.93. The van der Waals surface area contributed by atoms with Crippen LogP contribution in [0.1, 0.15) is 30.9 Å². The normalized spacial score (nSPS) is 11.7. The molecule has 29 heavy (non-hydrogen) atoms. The van der Waals surface area contributed by atoms with Crippen molar-refractivity contribution in [2.75, 3.05) is 10.0 Å². The van der Waals surface area contributed by atoms with Crippen molar-refractivity contribution in [2.45, 2.75) is 24.7 Å². The molecule has 0 saturated heterocycles. The number of carbonyl (C=O) groups is 1. The molecule has 2 N–H and O–H groups in total. The SMILES string of the molecule is CC(C)c1ccc(/C=C/C(=O)Nc2ccc(S(=O)(=O)Nc3nccs3)cc2)cc1. The van der Waals surface area contributed by atoms with Gasteiger partial charge < -0.3 is 5.32 Å². The van der Waals surface area contributed by atoms with Gasteiger partial charge in [0.15, 0.2) is 5.13 Å². The van der Waals surface area contributed by atoms with Crippen LogP contribution in [0.3, 0.4) is 0 Å². The van der Waals surface area contributed by atoms with E-state index in [2.05, 4.69) is 28.9 Å². The Balaban J connectivity index is 1.61. The van der Waals surface area contributed by atoms with Gasteiger partial charge in [-0.2, -0.15) is 0 Å². The number of sulfonamides is 1. The van der Waals surface area contributed by atoms with E-state index in [4.69, 9.17) is 0 Å². The highest BCUT2D eigenvalue weighted by Gasteiger charge is 2.15. The van der Waals surface area contributed by atoms with Gasteiger partial charge in [-0.05, 0) is 47.4 Å². The number of hydrogen-bond donors (Lipinski definition) is 2. The number of amides is 1. The quantitative estimate of drug-likeness (QED) is 0.534. The first-order valence-electron chi connectivity index (χ1n) is 8.95. The van der Waals surface area contributed by atoms with Crippen molar-refractivity contribution >= 4 is 44.2 Å². The first kappa shape index (κ1) is 20.8. The van der Waals surface area contributed by atoms with E-state index in [1.807, 2.05) is 24.3 Å². The van der Waals surface area contributed by atoms with Crippen LogP contribution in [0.15, 0.2) is 71.1 Å². The molecule has 0 bridgehead atoms. The highest BCUT2D eigenvalue weighted by Crippen LogP contribution is 2.20. The van der Waals surface area contributed by atoms with Gasteiger partial charge in [0.1, 0.15) is 0 Å². The predicted molar refractivity (Wildman–Crippen MR) is 118 cm³/mol. The second-order valence-corrected chi connectivity index (χ2v) is 9.19. The van der Waals surface area contributed by atoms with Crippen LogP contribution in [0, 0.1) is 0 Å². The highest BCUT2D eigenvalue weighted by atomic mass is 32.2. The van der Waals surface area contributed by atoms with Gasteiger partial charge in [0.25, 0.3) is 10.0 Å². The Bertz CT molecular complexity index is 1090. The molecule has 0 atom stereocenters. The van der Waals surface area contributed by atoms with Crippen molar-refractivity contribution in [1.82, 2.24) is 4.98 Å². The summed E-state index contributed by atoms with van der Waals surface area (Å²) in [6.45, 7) is 4.26. The molecule has 0 radical (unpaired) electrons. The van der Waals surface area contributed by atoms with Crippen molar-refractivity contribution < 1.29 is 13.2 Å². The Hall–Kier alpha value is -2.97. The van der Waals surface area contributed by atoms with Crippen molar-refractivity contribution in [3.8, 4) is 0 Å². The van der Waals surface area contributed by atoms with Crippen molar-refractivity contribution in [2.24, 2.45) is 0 Å². The molecular weight excluding hydrogens is 406 g/mol. The standard InChI is InChI=1S/C21H21N3O3S2/c1-15(2)17-6-3-16(4-7-17)5-12-20(25)23-18-8-10-19(11-9-18)29(26,27)24-21-22-13-14-28-21/h3-15H,1-2H3,(H,22,24)(H,23,25)/b12-5+. The number of anilines is 2. The van der Waals surface area contributed by atoms with Crippen molar-refractivity contribution in [1.29, 1.82) is 0 Å². The molecule has 1 amide bonds. The van der Waals surface area contributed by atoms with E-state index < -0.39 is 10.0 Å². The monoisotopic (exact) mass is 427 g/mol. The molecule has 150 valence electrons. The third-order valence-electron chi connectivity index (χ3n) is 4.12. The molecular formula is C21H21N3O3S2. The van der Waals surface area contributed by atoms with Gasteiger partial charge in [-0.25, -0.2) is 13.4 Å². The van der Waals surface area contributed by atoms with E-state index in [9.17, 15) is 13.2 Å². The van der Waals surface area contributed by atoms with Gasteiger partial charge in [-0.1, -0.05) is 38.1 Å². The minimum Gasteiger partial charge on any atom is -0.323 e. The van der Waals surface area contributed by atoms with Crippen molar-refractivity contribution in [3.05, 3.63) is 77.3 Å². The zero-order valence-corrected chi connectivity index (χ0v) is 17.6. The number of aromatic nitrogens is 1. The number of nitrogens with one attached hydrogen (secondary N) is 2. The second kappa shape index (κ2) is 9.02. The molecule has 0 saturated carbocycles. The molecule has 3 rings (SSSR count). The van der Waals surface area contributed by atoms with Crippen LogP contribution < -0.4 is 10.0 Å². The lowest BCUT2D eigenvalue weighted by Crippen LogP contribution is -2.13. The van der Waals surface area contributed by atoms with Crippen molar-refractivity contribution in [3.63, 3.8) is 0 Å². The van der Waals surface area contributed by atoms with E-state index in [1.165, 1.54) is 41.3 Å². The Morgan fingerprint density at radius 2 is 1.76 bits per heavy atom. The summed E-state index contributed by atoms with van der Waals surface area (Å²) in [4.78, 5) is 16.1. The molecule has 0 unspecified atom stereocenters. The van der Waals surface area contributed by atoms with Crippen LogP contribution in [0.2, 0.25) is 0 Å². The van der Waals surface area contributed by atoms with Gasteiger partial charge in [0.05, 0.1) is 4.90 Å². The van der Waals surface area contributed by atoms with Gasteiger partial charge in [0, 0.05) is 23.3 Å². The maximum atomic E-state index is 12.3. The van der Waals surface area contributed by atoms with Gasteiger partial charge >= 0.3 is 0 Å². The molecule has 0 spiro atoms. The lowest BCUT2D eigenvalue weighted by atomic mass is 10.0. The summed E-state index contributed by atoms with van der Waals surface area (Å²) in [5, 5.41) is 4.70. The van der Waals surface area contributed by atoms with E-state index in [-0.39, 0.29) is 10.8 Å². The van der Waals surface area contributed by atoms with E-state index in [1.54, 1.807) is 23.6 Å². The molecule has 6 nitrogen and oxygen atoms in total. The largest absolute Gasteiger partial charge is 0.323 e. The predicted octanol–water partition coefficient (Wildman–Crippen LogP) is 4.72. The number of thiazole rings is 1. The lowest BCUT2D eigenvalue weighted by molar-refractivity contribution is -0.111. The minimum atomic E-state index is -3.71. The summed E-state index contributed by atoms with van der Waals surface area (Å²) in [7, 11) is -3.71. The average molecular weight is 428 g/mol. The molecule has 0 aliphatic carbocycles.